The summed E-state index contributed by atoms with van der Waals surface area (Å²) in [6.45, 7) is 0.588. The first-order valence-electron chi connectivity index (χ1n) is 9.35. The summed E-state index contributed by atoms with van der Waals surface area (Å²) in [6.07, 6.45) is 0. The molecule has 0 unspecified atom stereocenters. The molecular formula is C25H18IOS2+. The molecule has 4 heteroatoms. The molecule has 5 rings (SSSR count). The van der Waals surface area contributed by atoms with Gasteiger partial charge in [0.1, 0.15) is 23.3 Å². The molecule has 0 spiro atoms. The second-order valence-corrected chi connectivity index (χ2v) is 11.0. The van der Waals surface area contributed by atoms with Crippen LogP contribution in [0.25, 0.3) is 0 Å². The highest BCUT2D eigenvalue weighted by atomic mass is 127. The molecule has 0 radical (unpaired) electrons. The summed E-state index contributed by atoms with van der Waals surface area (Å²) < 4.78 is 7.25. The zero-order chi connectivity index (χ0) is 19.6. The van der Waals surface area contributed by atoms with Gasteiger partial charge in [-0.15, -0.1) is 0 Å². The van der Waals surface area contributed by atoms with Gasteiger partial charge in [-0.25, -0.2) is 0 Å². The summed E-state index contributed by atoms with van der Waals surface area (Å²) in [6, 6.07) is 34.6. The molecule has 0 saturated carbocycles. The minimum Gasteiger partial charge on any atom is -0.489 e. The van der Waals surface area contributed by atoms with E-state index in [0.29, 0.717) is 6.61 Å². The Labute approximate surface area is 192 Å². The zero-order valence-corrected chi connectivity index (χ0v) is 19.3. The van der Waals surface area contributed by atoms with Crippen LogP contribution >= 0.6 is 34.4 Å². The summed E-state index contributed by atoms with van der Waals surface area (Å²) in [5.41, 5.74) is 1.18. The lowest BCUT2D eigenvalue weighted by Gasteiger charge is -2.18. The van der Waals surface area contributed by atoms with Crippen LogP contribution in [0.4, 0.5) is 0 Å². The molecule has 4 aromatic carbocycles. The van der Waals surface area contributed by atoms with Gasteiger partial charge in [-0.1, -0.05) is 48.2 Å². The second-order valence-electron chi connectivity index (χ2n) is 6.69. The van der Waals surface area contributed by atoms with E-state index in [1.807, 2.05) is 11.8 Å². The van der Waals surface area contributed by atoms with Crippen molar-refractivity contribution < 1.29 is 4.74 Å². The van der Waals surface area contributed by atoms with Gasteiger partial charge in [0.05, 0.1) is 9.79 Å². The van der Waals surface area contributed by atoms with Crippen LogP contribution in [-0.4, -0.2) is 0 Å². The molecule has 29 heavy (non-hydrogen) atoms. The Morgan fingerprint density at radius 1 is 0.690 bits per heavy atom. The van der Waals surface area contributed by atoms with Crippen molar-refractivity contribution in [1.82, 2.24) is 0 Å². The highest BCUT2D eigenvalue weighted by Gasteiger charge is 2.37. The van der Waals surface area contributed by atoms with E-state index in [1.165, 1.54) is 33.6 Å². The smallest absolute Gasteiger partial charge is 0.180 e. The molecule has 0 bridgehead atoms. The lowest BCUT2D eigenvalue weighted by Crippen LogP contribution is -2.10. The quantitative estimate of drug-likeness (QED) is 0.178. The Balaban J connectivity index is 1.42. The topological polar surface area (TPSA) is 9.23 Å². The lowest BCUT2D eigenvalue weighted by atomic mass is 10.2. The van der Waals surface area contributed by atoms with Crippen molar-refractivity contribution in [2.75, 3.05) is 0 Å². The number of hydrogen-bond acceptors (Lipinski definition) is 2. The van der Waals surface area contributed by atoms with Gasteiger partial charge in [0.15, 0.2) is 14.7 Å². The van der Waals surface area contributed by atoms with E-state index in [-0.39, 0.29) is 10.9 Å². The van der Waals surface area contributed by atoms with Crippen molar-refractivity contribution in [3.8, 4) is 5.75 Å². The third kappa shape index (κ3) is 4.06. The highest BCUT2D eigenvalue weighted by molar-refractivity contribution is 14.1. The second kappa shape index (κ2) is 8.46. The normalized spacial score (nSPS) is 12.9. The number of halogens is 1. The zero-order valence-electron chi connectivity index (χ0n) is 15.5. The van der Waals surface area contributed by atoms with E-state index in [0.717, 1.165) is 5.75 Å². The Hall–Kier alpha value is -1.89. The molecule has 0 fully saturated rings. The van der Waals surface area contributed by atoms with Crippen molar-refractivity contribution in [2.24, 2.45) is 0 Å². The monoisotopic (exact) mass is 525 g/mol. The summed E-state index contributed by atoms with van der Waals surface area (Å²) in [4.78, 5) is 6.85. The van der Waals surface area contributed by atoms with Crippen molar-refractivity contribution in [2.45, 2.75) is 31.1 Å². The Morgan fingerprint density at radius 2 is 1.28 bits per heavy atom. The minimum absolute atomic E-state index is 0.0860. The average Bonchev–Trinajstić information content (AvgIpc) is 2.77. The molecule has 0 atom stereocenters. The molecule has 1 aliphatic heterocycles. The Bertz CT molecular complexity index is 1090. The molecular weight excluding hydrogens is 507 g/mol. The van der Waals surface area contributed by atoms with Crippen LogP contribution in [0.15, 0.2) is 122 Å². The van der Waals surface area contributed by atoms with E-state index in [2.05, 4.69) is 120 Å². The molecule has 1 heterocycles. The third-order valence-electron chi connectivity index (χ3n) is 4.74. The standard InChI is InChI=1S/C25H18IOS2/c26-19-11-9-18(10-12-19)17-27-20-13-15-21(16-14-20)29-24-7-3-1-5-22(24)28-23-6-2-4-8-25(23)29/h1-16H,17H2/q+1. The molecule has 142 valence electrons. The van der Waals surface area contributed by atoms with Gasteiger partial charge in [-0.05, 0) is 88.8 Å². The third-order valence-corrected chi connectivity index (χ3v) is 9.20. The van der Waals surface area contributed by atoms with Crippen LogP contribution in [0.5, 0.6) is 5.75 Å². The fourth-order valence-corrected chi connectivity index (χ4v) is 7.41. The van der Waals surface area contributed by atoms with E-state index in [9.17, 15) is 0 Å². The SMILES string of the molecule is Ic1ccc(COc2ccc([S+]3c4ccccc4Sc4ccccc43)cc2)cc1. The van der Waals surface area contributed by atoms with Gasteiger partial charge >= 0.3 is 0 Å². The highest BCUT2D eigenvalue weighted by Crippen LogP contribution is 2.48. The molecule has 0 saturated heterocycles. The maximum absolute atomic E-state index is 6.01. The predicted molar refractivity (Wildman–Crippen MR) is 129 cm³/mol. The molecule has 1 nitrogen and oxygen atoms in total. The summed E-state index contributed by atoms with van der Waals surface area (Å²) >= 11 is 4.19. The molecule has 4 aromatic rings. The number of hydrogen-bond donors (Lipinski definition) is 0. The first kappa shape index (κ1) is 19.1. The van der Waals surface area contributed by atoms with E-state index in [1.54, 1.807) is 0 Å². The lowest BCUT2D eigenvalue weighted by molar-refractivity contribution is 0.306. The Morgan fingerprint density at radius 3 is 1.90 bits per heavy atom. The minimum atomic E-state index is -0.0860. The van der Waals surface area contributed by atoms with Crippen molar-refractivity contribution >= 4 is 45.2 Å². The van der Waals surface area contributed by atoms with Crippen molar-refractivity contribution in [3.63, 3.8) is 0 Å². The molecule has 1 aliphatic rings. The van der Waals surface area contributed by atoms with Gasteiger partial charge in [-0.2, -0.15) is 0 Å². The molecule has 0 amide bonds. The first-order chi connectivity index (χ1) is 14.3. The van der Waals surface area contributed by atoms with Crippen LogP contribution < -0.4 is 4.74 Å². The molecule has 0 N–H and O–H groups in total. The number of fused-ring (bicyclic) bond motifs is 2. The van der Waals surface area contributed by atoms with Gasteiger partial charge in [0.2, 0.25) is 0 Å². The predicted octanol–water partition coefficient (Wildman–Crippen LogP) is 7.43. The Kier molecular flexibility index (Phi) is 5.57. The van der Waals surface area contributed by atoms with Crippen LogP contribution in [-0.2, 0) is 17.5 Å². The van der Waals surface area contributed by atoms with Crippen LogP contribution in [0.3, 0.4) is 0 Å². The maximum Gasteiger partial charge on any atom is 0.180 e. The number of ether oxygens (including phenoxy) is 1. The summed E-state index contributed by atoms with van der Waals surface area (Å²) in [5, 5.41) is 0. The largest absolute Gasteiger partial charge is 0.489 e. The maximum atomic E-state index is 6.01. The van der Waals surface area contributed by atoms with E-state index >= 15 is 0 Å². The summed E-state index contributed by atoms with van der Waals surface area (Å²) in [5.74, 6) is 0.906. The fraction of sp³-hybridized carbons (Fsp3) is 0.0400. The van der Waals surface area contributed by atoms with Crippen LogP contribution in [0.2, 0.25) is 0 Å². The van der Waals surface area contributed by atoms with Crippen molar-refractivity contribution in [1.29, 1.82) is 0 Å². The molecule has 0 aromatic heterocycles. The average molecular weight is 525 g/mol. The molecule has 0 aliphatic carbocycles. The fourth-order valence-electron chi connectivity index (χ4n) is 3.32. The van der Waals surface area contributed by atoms with Gasteiger partial charge in [-0.3, -0.25) is 0 Å². The van der Waals surface area contributed by atoms with E-state index in [4.69, 9.17) is 4.74 Å². The van der Waals surface area contributed by atoms with E-state index < -0.39 is 0 Å². The van der Waals surface area contributed by atoms with Crippen LogP contribution in [0.1, 0.15) is 5.56 Å². The van der Waals surface area contributed by atoms with Crippen LogP contribution in [0, 0.1) is 3.57 Å². The number of rotatable bonds is 4. The van der Waals surface area contributed by atoms with Gasteiger partial charge < -0.3 is 4.74 Å². The van der Waals surface area contributed by atoms with Gasteiger partial charge in [0.25, 0.3) is 0 Å². The number of benzene rings is 4. The van der Waals surface area contributed by atoms with Crippen molar-refractivity contribution in [3.05, 3.63) is 106 Å². The summed E-state index contributed by atoms with van der Waals surface area (Å²) in [7, 11) is -0.0860. The van der Waals surface area contributed by atoms with Gasteiger partial charge in [0, 0.05) is 3.57 Å². The first-order valence-corrected chi connectivity index (χ1v) is 12.5.